The van der Waals surface area contributed by atoms with Gasteiger partial charge in [0.15, 0.2) is 0 Å². The van der Waals surface area contributed by atoms with Gasteiger partial charge in [-0.05, 0) is 25.0 Å². The highest BCUT2D eigenvalue weighted by Gasteiger charge is 2.22. The molecule has 110 valence electrons. The van der Waals surface area contributed by atoms with Crippen molar-refractivity contribution in [3.05, 3.63) is 0 Å². The maximum atomic E-state index is 6.46. The van der Waals surface area contributed by atoms with Crippen LogP contribution in [0.5, 0.6) is 0 Å². The first kappa shape index (κ1) is 18.3. The molecule has 0 saturated heterocycles. The van der Waals surface area contributed by atoms with E-state index in [1.807, 2.05) is 11.8 Å². The zero-order chi connectivity index (χ0) is 13.7. The minimum atomic E-state index is 0.0612. The molecule has 0 aromatic heterocycles. The fourth-order valence-electron chi connectivity index (χ4n) is 2.45. The van der Waals surface area contributed by atoms with Crippen LogP contribution < -0.4 is 5.73 Å². The molecular formula is C16H35NS. The molecule has 0 atom stereocenters. The van der Waals surface area contributed by atoms with Crippen LogP contribution >= 0.6 is 11.8 Å². The summed E-state index contributed by atoms with van der Waals surface area (Å²) in [6.07, 6.45) is 14.5. The molecule has 0 heterocycles. The second kappa shape index (κ2) is 12.3. The maximum absolute atomic E-state index is 6.46. The molecule has 2 N–H and O–H groups in total. The molecule has 0 bridgehead atoms. The lowest BCUT2D eigenvalue weighted by molar-refractivity contribution is 0.505. The molecule has 0 fully saturated rings. The smallest absolute Gasteiger partial charge is 0.0620 e. The molecule has 0 radical (unpaired) electrons. The van der Waals surface area contributed by atoms with Crippen LogP contribution in [-0.2, 0) is 0 Å². The van der Waals surface area contributed by atoms with Crippen molar-refractivity contribution in [3.8, 4) is 0 Å². The third kappa shape index (κ3) is 10.3. The Kier molecular flexibility index (Phi) is 12.6. The zero-order valence-corrected chi connectivity index (χ0v) is 13.8. The Hall–Kier alpha value is 0.310. The van der Waals surface area contributed by atoms with Gasteiger partial charge in [-0.25, -0.2) is 0 Å². The Labute approximate surface area is 120 Å². The Balaban J connectivity index is 3.49. The summed E-state index contributed by atoms with van der Waals surface area (Å²) in [6, 6.07) is 0. The van der Waals surface area contributed by atoms with Crippen LogP contribution in [0.25, 0.3) is 0 Å². The summed E-state index contributed by atoms with van der Waals surface area (Å²) in [5, 5.41) is 0. The van der Waals surface area contributed by atoms with E-state index >= 15 is 0 Å². The average Bonchev–Trinajstić information content (AvgIpc) is 2.33. The van der Waals surface area contributed by atoms with E-state index in [4.69, 9.17) is 5.73 Å². The summed E-state index contributed by atoms with van der Waals surface area (Å²) in [4.78, 5) is 0.0612. The Bertz CT molecular complexity index is 164. The highest BCUT2D eigenvalue weighted by atomic mass is 32.2. The van der Waals surface area contributed by atoms with Gasteiger partial charge in [0.25, 0.3) is 0 Å². The van der Waals surface area contributed by atoms with E-state index in [9.17, 15) is 0 Å². The highest BCUT2D eigenvalue weighted by molar-refractivity contribution is 8.00. The van der Waals surface area contributed by atoms with E-state index in [0.717, 1.165) is 0 Å². The summed E-state index contributed by atoms with van der Waals surface area (Å²) >= 11 is 2.02. The van der Waals surface area contributed by atoms with Gasteiger partial charge in [-0.3, -0.25) is 0 Å². The van der Waals surface area contributed by atoms with Crippen LogP contribution in [-0.4, -0.2) is 10.6 Å². The van der Waals surface area contributed by atoms with E-state index in [1.165, 1.54) is 76.4 Å². The maximum Gasteiger partial charge on any atom is 0.0620 e. The van der Waals surface area contributed by atoms with Gasteiger partial charge in [-0.15, -0.1) is 11.8 Å². The molecule has 0 aliphatic heterocycles. The Morgan fingerprint density at radius 2 is 1.22 bits per heavy atom. The Morgan fingerprint density at radius 1 is 0.722 bits per heavy atom. The molecule has 0 aromatic carbocycles. The first-order chi connectivity index (χ1) is 8.68. The molecule has 2 heteroatoms. The predicted octanol–water partition coefficient (Wildman–Crippen LogP) is 5.73. The standard InChI is InChI=1S/C16H35NS/c1-4-7-8-9-10-11-12-15-18-16(17,13-5-2)14-6-3/h4-15,17H2,1-3H3. The van der Waals surface area contributed by atoms with E-state index < -0.39 is 0 Å². The summed E-state index contributed by atoms with van der Waals surface area (Å²) < 4.78 is 0. The number of rotatable bonds is 13. The fraction of sp³-hybridized carbons (Fsp3) is 1.00. The van der Waals surface area contributed by atoms with Gasteiger partial charge in [-0.2, -0.15) is 0 Å². The number of hydrogen-bond acceptors (Lipinski definition) is 2. The molecule has 0 saturated carbocycles. The topological polar surface area (TPSA) is 26.0 Å². The molecule has 1 nitrogen and oxygen atoms in total. The summed E-state index contributed by atoms with van der Waals surface area (Å²) in [6.45, 7) is 6.76. The lowest BCUT2D eigenvalue weighted by Crippen LogP contribution is -2.36. The third-order valence-electron chi connectivity index (χ3n) is 3.48. The minimum absolute atomic E-state index is 0.0612. The summed E-state index contributed by atoms with van der Waals surface area (Å²) in [7, 11) is 0. The molecule has 0 spiro atoms. The molecule has 0 unspecified atom stereocenters. The van der Waals surface area contributed by atoms with Crippen LogP contribution in [0, 0.1) is 0 Å². The molecule has 0 rings (SSSR count). The quantitative estimate of drug-likeness (QED) is 0.343. The second-order valence-electron chi connectivity index (χ2n) is 5.53. The molecule has 0 aliphatic rings. The van der Waals surface area contributed by atoms with Crippen molar-refractivity contribution >= 4 is 11.8 Å². The van der Waals surface area contributed by atoms with Crippen molar-refractivity contribution in [2.24, 2.45) is 5.73 Å². The van der Waals surface area contributed by atoms with Crippen molar-refractivity contribution in [2.75, 3.05) is 5.75 Å². The minimum Gasteiger partial charge on any atom is -0.317 e. The molecular weight excluding hydrogens is 238 g/mol. The van der Waals surface area contributed by atoms with Gasteiger partial charge in [0.1, 0.15) is 0 Å². The van der Waals surface area contributed by atoms with Gasteiger partial charge in [0.05, 0.1) is 4.87 Å². The number of hydrogen-bond donors (Lipinski definition) is 1. The second-order valence-corrected chi connectivity index (χ2v) is 7.04. The van der Waals surface area contributed by atoms with Crippen molar-refractivity contribution in [2.45, 2.75) is 96.3 Å². The summed E-state index contributed by atoms with van der Waals surface area (Å²) in [5.41, 5.74) is 6.46. The first-order valence-electron chi connectivity index (χ1n) is 8.11. The lowest BCUT2D eigenvalue weighted by Gasteiger charge is -2.28. The van der Waals surface area contributed by atoms with Gasteiger partial charge in [0, 0.05) is 0 Å². The normalized spacial score (nSPS) is 12.0. The molecule has 0 aliphatic carbocycles. The van der Waals surface area contributed by atoms with Crippen molar-refractivity contribution in [3.63, 3.8) is 0 Å². The Morgan fingerprint density at radius 3 is 1.72 bits per heavy atom. The molecule has 18 heavy (non-hydrogen) atoms. The predicted molar refractivity (Wildman–Crippen MR) is 87.2 cm³/mol. The first-order valence-corrected chi connectivity index (χ1v) is 9.10. The van der Waals surface area contributed by atoms with Crippen molar-refractivity contribution in [1.82, 2.24) is 0 Å². The zero-order valence-electron chi connectivity index (χ0n) is 13.0. The van der Waals surface area contributed by atoms with Crippen molar-refractivity contribution < 1.29 is 0 Å². The number of nitrogens with two attached hydrogens (primary N) is 1. The van der Waals surface area contributed by atoms with Crippen LogP contribution in [0.2, 0.25) is 0 Å². The van der Waals surface area contributed by atoms with E-state index in [0.29, 0.717) is 0 Å². The fourth-order valence-corrected chi connectivity index (χ4v) is 3.90. The van der Waals surface area contributed by atoms with Gasteiger partial charge in [-0.1, -0.05) is 72.1 Å². The van der Waals surface area contributed by atoms with Gasteiger partial charge < -0.3 is 5.73 Å². The van der Waals surface area contributed by atoms with Gasteiger partial charge in [0.2, 0.25) is 0 Å². The van der Waals surface area contributed by atoms with Crippen LogP contribution in [0.3, 0.4) is 0 Å². The van der Waals surface area contributed by atoms with E-state index in [2.05, 4.69) is 20.8 Å². The monoisotopic (exact) mass is 273 g/mol. The summed E-state index contributed by atoms with van der Waals surface area (Å²) in [5.74, 6) is 1.25. The van der Waals surface area contributed by atoms with Crippen LogP contribution in [0.4, 0.5) is 0 Å². The lowest BCUT2D eigenvalue weighted by atomic mass is 10.1. The molecule has 0 amide bonds. The van der Waals surface area contributed by atoms with Crippen LogP contribution in [0.1, 0.15) is 91.4 Å². The van der Waals surface area contributed by atoms with Crippen molar-refractivity contribution in [1.29, 1.82) is 0 Å². The highest BCUT2D eigenvalue weighted by Crippen LogP contribution is 2.30. The number of thioether (sulfide) groups is 1. The van der Waals surface area contributed by atoms with E-state index in [-0.39, 0.29) is 4.87 Å². The third-order valence-corrected chi connectivity index (χ3v) is 4.96. The SMILES string of the molecule is CCCCCCCCCSC(N)(CCC)CCC. The average molecular weight is 274 g/mol. The largest absolute Gasteiger partial charge is 0.317 e. The number of unbranched alkanes of at least 4 members (excludes halogenated alkanes) is 6. The van der Waals surface area contributed by atoms with Crippen LogP contribution in [0.15, 0.2) is 0 Å². The van der Waals surface area contributed by atoms with Gasteiger partial charge >= 0.3 is 0 Å². The molecule has 0 aromatic rings. The van der Waals surface area contributed by atoms with E-state index in [1.54, 1.807) is 0 Å².